The van der Waals surface area contributed by atoms with Crippen LogP contribution in [-0.2, 0) is 14.3 Å². The second-order valence-corrected chi connectivity index (χ2v) is 5.59. The largest absolute Gasteiger partial charge is 0.467 e. The van der Waals surface area contributed by atoms with Gasteiger partial charge in [-0.2, -0.15) is 0 Å². The van der Waals surface area contributed by atoms with Crippen LogP contribution >= 0.6 is 0 Å². The molecule has 0 radical (unpaired) electrons. The van der Waals surface area contributed by atoms with Crippen molar-refractivity contribution in [3.8, 4) is 0 Å². The van der Waals surface area contributed by atoms with E-state index in [0.29, 0.717) is 0 Å². The number of hydrogen-bond donors (Lipinski definition) is 0. The van der Waals surface area contributed by atoms with Crippen molar-refractivity contribution in [2.24, 2.45) is 5.92 Å². The molecule has 0 aromatic rings. The third kappa shape index (κ3) is 3.11. The number of hydrogen-bond acceptors (Lipinski definition) is 4. The number of esters is 1. The van der Waals surface area contributed by atoms with Gasteiger partial charge in [0.05, 0.1) is 13.2 Å². The highest BCUT2D eigenvalue weighted by atomic mass is 16.6. The second kappa shape index (κ2) is 4.55. The van der Waals surface area contributed by atoms with Gasteiger partial charge in [0.25, 0.3) is 0 Å². The topological polar surface area (TPSA) is 55.6 Å². The van der Waals surface area contributed by atoms with Gasteiger partial charge in [-0.05, 0) is 26.7 Å². The van der Waals surface area contributed by atoms with E-state index >= 15 is 0 Å². The number of methoxy groups -OCH3 is 1. The molecular weight excluding hydrogens is 222 g/mol. The standard InChI is InChI=1S/C12H21NO4/c1-7(2)8-9(10(14)16-6)13(8)11(15)17-12(3,4)5/h7-9H,1-6H3/t8-,9+,13?/m1/s1. The van der Waals surface area contributed by atoms with Crippen LogP contribution in [0.1, 0.15) is 34.6 Å². The van der Waals surface area contributed by atoms with E-state index in [-0.39, 0.29) is 17.9 Å². The van der Waals surface area contributed by atoms with Crippen LogP contribution in [0.15, 0.2) is 0 Å². The Labute approximate surface area is 102 Å². The first kappa shape index (κ1) is 13.8. The number of rotatable bonds is 2. The van der Waals surface area contributed by atoms with Gasteiger partial charge in [-0.15, -0.1) is 0 Å². The van der Waals surface area contributed by atoms with E-state index in [1.807, 2.05) is 13.8 Å². The molecule has 5 heteroatoms. The summed E-state index contributed by atoms with van der Waals surface area (Å²) < 4.78 is 9.92. The lowest BCUT2D eigenvalue weighted by Crippen LogP contribution is -2.29. The van der Waals surface area contributed by atoms with Gasteiger partial charge in [-0.1, -0.05) is 13.8 Å². The first-order valence-corrected chi connectivity index (χ1v) is 5.78. The van der Waals surface area contributed by atoms with Gasteiger partial charge in [0, 0.05) is 0 Å². The minimum atomic E-state index is -0.554. The summed E-state index contributed by atoms with van der Waals surface area (Å²) in [6.45, 7) is 9.32. The zero-order chi connectivity index (χ0) is 13.4. The number of carbonyl (C=O) groups is 2. The van der Waals surface area contributed by atoms with E-state index in [4.69, 9.17) is 4.74 Å². The van der Waals surface area contributed by atoms with Gasteiger partial charge in [0.1, 0.15) is 5.60 Å². The fourth-order valence-electron chi connectivity index (χ4n) is 1.86. The van der Waals surface area contributed by atoms with Crippen LogP contribution < -0.4 is 0 Å². The maximum absolute atomic E-state index is 11.9. The number of carbonyl (C=O) groups excluding carboxylic acids is 2. The van der Waals surface area contributed by atoms with E-state index < -0.39 is 17.7 Å². The summed E-state index contributed by atoms with van der Waals surface area (Å²) in [6.07, 6.45) is -0.452. The third-order valence-corrected chi connectivity index (χ3v) is 2.58. The van der Waals surface area contributed by atoms with Gasteiger partial charge >= 0.3 is 12.1 Å². The summed E-state index contributed by atoms with van der Waals surface area (Å²) in [5, 5.41) is 0. The molecule has 1 aliphatic heterocycles. The Morgan fingerprint density at radius 3 is 2.12 bits per heavy atom. The molecule has 5 nitrogen and oxygen atoms in total. The highest BCUT2D eigenvalue weighted by molar-refractivity contribution is 5.88. The summed E-state index contributed by atoms with van der Waals surface area (Å²) >= 11 is 0. The zero-order valence-electron chi connectivity index (χ0n) is 11.3. The Morgan fingerprint density at radius 2 is 1.76 bits per heavy atom. The normalized spacial score (nSPS) is 23.6. The smallest absolute Gasteiger partial charge is 0.411 e. The first-order chi connectivity index (χ1) is 7.69. The number of amides is 1. The van der Waals surface area contributed by atoms with Crippen LogP contribution in [0, 0.1) is 5.92 Å². The maximum atomic E-state index is 11.9. The van der Waals surface area contributed by atoms with E-state index in [9.17, 15) is 9.59 Å². The summed E-state index contributed by atoms with van der Waals surface area (Å²) in [5.74, 6) is -0.179. The lowest BCUT2D eigenvalue weighted by molar-refractivity contribution is -0.141. The first-order valence-electron chi connectivity index (χ1n) is 5.78. The van der Waals surface area contributed by atoms with Crippen molar-refractivity contribution in [2.45, 2.75) is 52.3 Å². The Hall–Kier alpha value is -1.26. The Morgan fingerprint density at radius 1 is 1.24 bits per heavy atom. The highest BCUT2D eigenvalue weighted by Gasteiger charge is 2.59. The molecule has 0 unspecified atom stereocenters. The molecule has 1 amide bonds. The van der Waals surface area contributed by atoms with Crippen molar-refractivity contribution >= 4 is 12.1 Å². The quantitative estimate of drug-likeness (QED) is 0.548. The molecule has 98 valence electrons. The molecule has 0 spiro atoms. The van der Waals surface area contributed by atoms with E-state index in [1.165, 1.54) is 12.0 Å². The van der Waals surface area contributed by atoms with Crippen LogP contribution in [0.3, 0.4) is 0 Å². The van der Waals surface area contributed by atoms with Crippen LogP contribution in [-0.4, -0.2) is 41.8 Å². The van der Waals surface area contributed by atoms with Gasteiger partial charge in [0.15, 0.2) is 6.04 Å². The van der Waals surface area contributed by atoms with Crippen LogP contribution in [0.4, 0.5) is 4.79 Å². The zero-order valence-corrected chi connectivity index (χ0v) is 11.3. The summed E-state index contributed by atoms with van der Waals surface area (Å²) in [5.41, 5.74) is -0.554. The number of nitrogens with zero attached hydrogens (tertiary/aromatic N) is 1. The fraction of sp³-hybridized carbons (Fsp3) is 0.833. The second-order valence-electron chi connectivity index (χ2n) is 5.59. The Bertz CT molecular complexity index is 319. The third-order valence-electron chi connectivity index (χ3n) is 2.58. The molecule has 1 saturated heterocycles. The van der Waals surface area contributed by atoms with Gasteiger partial charge in [0.2, 0.25) is 0 Å². The lowest BCUT2D eigenvalue weighted by Gasteiger charge is -2.20. The monoisotopic (exact) mass is 243 g/mol. The average molecular weight is 243 g/mol. The van der Waals surface area contributed by atoms with Crippen LogP contribution in [0.5, 0.6) is 0 Å². The molecule has 1 aliphatic rings. The summed E-state index contributed by atoms with van der Waals surface area (Å²) in [4.78, 5) is 24.8. The van der Waals surface area contributed by atoms with Gasteiger partial charge in [-0.3, -0.25) is 4.90 Å². The van der Waals surface area contributed by atoms with Crippen molar-refractivity contribution in [1.82, 2.24) is 4.90 Å². The number of ether oxygens (including phenoxy) is 2. The molecule has 1 fully saturated rings. The fourth-order valence-corrected chi connectivity index (χ4v) is 1.86. The minimum Gasteiger partial charge on any atom is -0.467 e. The predicted molar refractivity (Wildman–Crippen MR) is 62.5 cm³/mol. The summed E-state index contributed by atoms with van der Waals surface area (Å²) in [6, 6.07) is -0.604. The highest BCUT2D eigenvalue weighted by Crippen LogP contribution is 2.36. The molecule has 0 aliphatic carbocycles. The maximum Gasteiger partial charge on any atom is 0.411 e. The van der Waals surface area contributed by atoms with Crippen molar-refractivity contribution in [2.75, 3.05) is 7.11 Å². The molecule has 2 atom stereocenters. The van der Waals surface area contributed by atoms with Crippen molar-refractivity contribution in [3.63, 3.8) is 0 Å². The molecule has 1 rings (SSSR count). The molecular formula is C12H21NO4. The Kier molecular flexibility index (Phi) is 3.69. The van der Waals surface area contributed by atoms with Crippen molar-refractivity contribution < 1.29 is 19.1 Å². The molecule has 1 heterocycles. The average Bonchev–Trinajstić information content (AvgIpc) is 2.88. The van der Waals surface area contributed by atoms with Crippen molar-refractivity contribution in [1.29, 1.82) is 0 Å². The van der Waals surface area contributed by atoms with E-state index in [2.05, 4.69) is 4.74 Å². The SMILES string of the molecule is COC(=O)[C@@H]1[C@@H](C(C)C)N1C(=O)OC(C)(C)C. The van der Waals surface area contributed by atoms with Crippen LogP contribution in [0.25, 0.3) is 0 Å². The summed E-state index contributed by atoms with van der Waals surface area (Å²) in [7, 11) is 1.32. The van der Waals surface area contributed by atoms with Gasteiger partial charge < -0.3 is 9.47 Å². The molecule has 0 aromatic carbocycles. The molecule has 0 aromatic heterocycles. The molecule has 0 saturated carbocycles. The minimum absolute atomic E-state index is 0.114. The Balaban J connectivity index is 2.71. The molecule has 0 N–H and O–H groups in total. The van der Waals surface area contributed by atoms with E-state index in [1.54, 1.807) is 20.8 Å². The van der Waals surface area contributed by atoms with E-state index in [0.717, 1.165) is 0 Å². The molecule has 0 bridgehead atoms. The lowest BCUT2D eigenvalue weighted by atomic mass is 10.1. The van der Waals surface area contributed by atoms with Crippen LogP contribution in [0.2, 0.25) is 0 Å². The van der Waals surface area contributed by atoms with Gasteiger partial charge in [-0.25, -0.2) is 9.59 Å². The molecule has 17 heavy (non-hydrogen) atoms. The predicted octanol–water partition coefficient (Wildman–Crippen LogP) is 1.80. The van der Waals surface area contributed by atoms with Crippen molar-refractivity contribution in [3.05, 3.63) is 0 Å².